The molecule has 1 aliphatic heterocycles. The molecule has 9 nitrogen and oxygen atoms in total. The van der Waals surface area contributed by atoms with Crippen LogP contribution in [0.2, 0.25) is 0 Å². The highest BCUT2D eigenvalue weighted by Gasteiger charge is 2.37. The summed E-state index contributed by atoms with van der Waals surface area (Å²) >= 11 is 1.24. The molecular formula is C19H17N3O6S. The quantitative estimate of drug-likeness (QED) is 0.552. The van der Waals surface area contributed by atoms with Gasteiger partial charge in [-0.05, 0) is 36.2 Å². The monoisotopic (exact) mass is 415 g/mol. The number of pyridine rings is 1. The third kappa shape index (κ3) is 4.02. The summed E-state index contributed by atoms with van der Waals surface area (Å²) in [5.41, 5.74) is 0.463. The Labute approximate surface area is 171 Å². The number of imide groups is 1. The number of ether oxygens (including phenoxy) is 3. The van der Waals surface area contributed by atoms with Gasteiger partial charge in [-0.1, -0.05) is 18.2 Å². The summed E-state index contributed by atoms with van der Waals surface area (Å²) in [4.78, 5) is 43.3. The lowest BCUT2D eigenvalue weighted by atomic mass is 10.1. The van der Waals surface area contributed by atoms with Crippen molar-refractivity contribution >= 4 is 41.7 Å². The number of methoxy groups -OCH3 is 2. The van der Waals surface area contributed by atoms with Crippen LogP contribution in [0.25, 0.3) is 5.76 Å². The average Bonchev–Trinajstić information content (AvgIpc) is 2.74. The van der Waals surface area contributed by atoms with Crippen LogP contribution in [0.3, 0.4) is 0 Å². The lowest BCUT2D eigenvalue weighted by Crippen LogP contribution is -2.42. The van der Waals surface area contributed by atoms with Gasteiger partial charge in [0.2, 0.25) is 0 Å². The number of likely N-dealkylation sites (N-methyl/N-ethyl adjacent to an activating group) is 1. The van der Waals surface area contributed by atoms with E-state index < -0.39 is 18.2 Å². The topological polar surface area (TPSA) is 98.3 Å². The van der Waals surface area contributed by atoms with Crippen molar-refractivity contribution in [3.05, 3.63) is 59.9 Å². The number of nitrogens with zero attached hydrogens (tertiary/aromatic N) is 3. The number of benzene rings is 1. The Morgan fingerprint density at radius 3 is 2.41 bits per heavy atom. The number of anilines is 1. The normalized spacial score (nSPS) is 12.7. The SMILES string of the molecule is COC(=O)OC1=C(C(=O)N(C(=O)OC)c2ccccn2)N(C)Sc2ccccc21. The molecule has 0 aliphatic carbocycles. The van der Waals surface area contributed by atoms with E-state index in [1.54, 1.807) is 31.3 Å². The maximum absolute atomic E-state index is 13.4. The van der Waals surface area contributed by atoms with Gasteiger partial charge in [0, 0.05) is 23.7 Å². The molecule has 1 aliphatic rings. The Morgan fingerprint density at radius 1 is 1.03 bits per heavy atom. The van der Waals surface area contributed by atoms with Crippen molar-refractivity contribution in [2.45, 2.75) is 4.90 Å². The number of hydrogen-bond acceptors (Lipinski definition) is 9. The third-order valence-corrected chi connectivity index (χ3v) is 4.90. The zero-order valence-corrected chi connectivity index (χ0v) is 16.6. The highest BCUT2D eigenvalue weighted by Crippen LogP contribution is 2.41. The number of hydrogen-bond donors (Lipinski definition) is 0. The minimum absolute atomic E-state index is 0.0384. The molecule has 0 bridgehead atoms. The van der Waals surface area contributed by atoms with Crippen molar-refractivity contribution in [3.63, 3.8) is 0 Å². The second-order valence-electron chi connectivity index (χ2n) is 5.62. The summed E-state index contributed by atoms with van der Waals surface area (Å²) in [6.45, 7) is 0. The van der Waals surface area contributed by atoms with E-state index in [9.17, 15) is 14.4 Å². The maximum Gasteiger partial charge on any atom is 0.513 e. The number of carbonyl (C=O) groups is 3. The van der Waals surface area contributed by atoms with E-state index in [4.69, 9.17) is 9.47 Å². The molecule has 3 rings (SSSR count). The van der Waals surface area contributed by atoms with Gasteiger partial charge in [0.15, 0.2) is 11.5 Å². The maximum atomic E-state index is 13.4. The van der Waals surface area contributed by atoms with E-state index in [0.717, 1.165) is 24.0 Å². The van der Waals surface area contributed by atoms with Crippen molar-refractivity contribution in [2.75, 3.05) is 26.2 Å². The highest BCUT2D eigenvalue weighted by molar-refractivity contribution is 7.97. The minimum atomic E-state index is -0.997. The van der Waals surface area contributed by atoms with Gasteiger partial charge in [-0.15, -0.1) is 0 Å². The van der Waals surface area contributed by atoms with Gasteiger partial charge in [0.1, 0.15) is 5.82 Å². The van der Waals surface area contributed by atoms with Gasteiger partial charge < -0.3 is 18.5 Å². The number of carbonyl (C=O) groups excluding carboxylic acids is 3. The van der Waals surface area contributed by atoms with Crippen molar-refractivity contribution < 1.29 is 28.6 Å². The van der Waals surface area contributed by atoms with Crippen LogP contribution in [0.4, 0.5) is 15.4 Å². The zero-order chi connectivity index (χ0) is 21.0. The first-order valence-corrected chi connectivity index (χ1v) is 9.09. The number of rotatable bonds is 3. The summed E-state index contributed by atoms with van der Waals surface area (Å²) in [5, 5.41) is 0. The first-order chi connectivity index (χ1) is 14.0. The number of amides is 2. The summed E-state index contributed by atoms with van der Waals surface area (Å²) in [6.07, 6.45) is -0.494. The fourth-order valence-corrected chi connectivity index (χ4v) is 3.57. The van der Waals surface area contributed by atoms with E-state index in [-0.39, 0.29) is 17.3 Å². The number of aromatic nitrogens is 1. The van der Waals surface area contributed by atoms with Gasteiger partial charge >= 0.3 is 12.2 Å². The summed E-state index contributed by atoms with van der Waals surface area (Å²) in [7, 11) is 3.93. The fraction of sp³-hybridized carbons (Fsp3) is 0.158. The van der Waals surface area contributed by atoms with Gasteiger partial charge in [-0.25, -0.2) is 14.6 Å². The van der Waals surface area contributed by atoms with Crippen LogP contribution in [0, 0.1) is 0 Å². The van der Waals surface area contributed by atoms with Crippen molar-refractivity contribution in [1.82, 2.24) is 9.29 Å². The summed E-state index contributed by atoms with van der Waals surface area (Å²) in [6, 6.07) is 11.8. The predicted octanol–water partition coefficient (Wildman–Crippen LogP) is 3.29. The van der Waals surface area contributed by atoms with Crippen LogP contribution in [0.5, 0.6) is 0 Å². The Balaban J connectivity index is 2.18. The molecule has 0 fully saturated rings. The molecule has 2 heterocycles. The molecule has 0 atom stereocenters. The lowest BCUT2D eigenvalue weighted by Gasteiger charge is -2.31. The third-order valence-electron chi connectivity index (χ3n) is 3.89. The van der Waals surface area contributed by atoms with Crippen molar-refractivity contribution in [3.8, 4) is 0 Å². The zero-order valence-electron chi connectivity index (χ0n) is 15.8. The lowest BCUT2D eigenvalue weighted by molar-refractivity contribution is -0.115. The van der Waals surface area contributed by atoms with Crippen LogP contribution in [-0.2, 0) is 19.0 Å². The van der Waals surface area contributed by atoms with Gasteiger partial charge in [-0.3, -0.25) is 4.79 Å². The molecule has 1 aromatic carbocycles. The molecule has 2 amide bonds. The van der Waals surface area contributed by atoms with Crippen molar-refractivity contribution in [1.29, 1.82) is 0 Å². The molecule has 150 valence electrons. The molecule has 0 radical (unpaired) electrons. The molecule has 0 spiro atoms. The molecule has 0 saturated carbocycles. The molecule has 10 heteroatoms. The molecular weight excluding hydrogens is 398 g/mol. The minimum Gasteiger partial charge on any atom is -0.452 e. The first-order valence-electron chi connectivity index (χ1n) is 8.32. The van der Waals surface area contributed by atoms with E-state index in [0.29, 0.717) is 5.56 Å². The van der Waals surface area contributed by atoms with E-state index in [1.165, 1.54) is 28.5 Å². The molecule has 2 aromatic rings. The Hall–Kier alpha value is -3.53. The number of fused-ring (bicyclic) bond motifs is 1. The van der Waals surface area contributed by atoms with Crippen molar-refractivity contribution in [2.24, 2.45) is 0 Å². The molecule has 0 unspecified atom stereocenters. The van der Waals surface area contributed by atoms with Crippen LogP contribution in [0.1, 0.15) is 5.56 Å². The standard InChI is InChI=1S/C19H17N3O6S/c1-21-15(17(23)22(18(24)26-2)14-10-6-7-11-20-14)16(28-19(25)27-3)12-8-4-5-9-13(12)29-21/h4-11H,1-3H3. The van der Waals surface area contributed by atoms with Gasteiger partial charge in [0.25, 0.3) is 5.91 Å². The molecule has 0 saturated heterocycles. The molecule has 29 heavy (non-hydrogen) atoms. The Morgan fingerprint density at radius 2 is 1.76 bits per heavy atom. The fourth-order valence-electron chi connectivity index (χ4n) is 2.62. The predicted molar refractivity (Wildman–Crippen MR) is 105 cm³/mol. The smallest absolute Gasteiger partial charge is 0.452 e. The first kappa shape index (κ1) is 20.2. The largest absolute Gasteiger partial charge is 0.513 e. The summed E-state index contributed by atoms with van der Waals surface area (Å²) in [5.74, 6) is -0.756. The Kier molecular flexibility index (Phi) is 6.03. The summed E-state index contributed by atoms with van der Waals surface area (Å²) < 4.78 is 16.2. The van der Waals surface area contributed by atoms with Gasteiger partial charge in [0.05, 0.1) is 14.2 Å². The van der Waals surface area contributed by atoms with E-state index in [1.807, 2.05) is 12.1 Å². The van der Waals surface area contributed by atoms with Crippen LogP contribution >= 0.6 is 11.9 Å². The molecule has 0 N–H and O–H groups in total. The van der Waals surface area contributed by atoms with E-state index in [2.05, 4.69) is 9.72 Å². The van der Waals surface area contributed by atoms with Crippen LogP contribution < -0.4 is 4.90 Å². The second kappa shape index (κ2) is 8.65. The van der Waals surface area contributed by atoms with Gasteiger partial charge in [-0.2, -0.15) is 4.90 Å². The second-order valence-corrected chi connectivity index (χ2v) is 6.79. The van der Waals surface area contributed by atoms with Crippen LogP contribution in [0.15, 0.2) is 59.3 Å². The Bertz CT molecular complexity index is 979. The molecule has 1 aromatic heterocycles. The van der Waals surface area contributed by atoms with Crippen LogP contribution in [-0.4, -0.2) is 48.7 Å². The van der Waals surface area contributed by atoms with E-state index >= 15 is 0 Å². The average molecular weight is 415 g/mol. The highest BCUT2D eigenvalue weighted by atomic mass is 32.2.